The third kappa shape index (κ3) is 4.72. The summed E-state index contributed by atoms with van der Waals surface area (Å²) in [6.07, 6.45) is 2.12. The zero-order valence-corrected chi connectivity index (χ0v) is 16.1. The average Bonchev–Trinajstić information content (AvgIpc) is 2.51. The predicted octanol–water partition coefficient (Wildman–Crippen LogP) is 3.11. The van der Waals surface area contributed by atoms with Crippen LogP contribution in [0.4, 0.5) is 0 Å². The van der Waals surface area contributed by atoms with Crippen LogP contribution in [0.2, 0.25) is 0 Å². The molecule has 0 atom stereocenters. The summed E-state index contributed by atoms with van der Waals surface area (Å²) in [4.78, 5) is 0.450. The van der Waals surface area contributed by atoms with Crippen molar-refractivity contribution in [1.29, 1.82) is 0 Å². The highest BCUT2D eigenvalue weighted by molar-refractivity contribution is 8.00. The first-order valence-electron chi connectivity index (χ1n) is 8.09. The van der Waals surface area contributed by atoms with Gasteiger partial charge in [0.2, 0.25) is 10.0 Å². The molecule has 0 radical (unpaired) electrons. The first-order valence-corrected chi connectivity index (χ1v) is 10.6. The van der Waals surface area contributed by atoms with Gasteiger partial charge in [-0.2, -0.15) is 11.8 Å². The minimum Gasteiger partial charge on any atom is -0.381 e. The summed E-state index contributed by atoms with van der Waals surface area (Å²) in [6, 6.07) is 2.05. The molecule has 0 unspecified atom stereocenters. The van der Waals surface area contributed by atoms with Crippen molar-refractivity contribution in [1.82, 2.24) is 4.72 Å². The van der Waals surface area contributed by atoms with Gasteiger partial charge in [-0.1, -0.05) is 6.07 Å². The summed E-state index contributed by atoms with van der Waals surface area (Å²) in [7, 11) is -3.46. The van der Waals surface area contributed by atoms with Gasteiger partial charge < -0.3 is 4.74 Å². The zero-order valence-electron chi connectivity index (χ0n) is 14.4. The normalized spacial score (nSPS) is 16.7. The van der Waals surface area contributed by atoms with Crippen LogP contribution in [0.5, 0.6) is 0 Å². The third-order valence-corrected chi connectivity index (χ3v) is 7.60. The second-order valence-corrected chi connectivity index (χ2v) is 9.28. The second kappa shape index (κ2) is 8.01. The van der Waals surface area contributed by atoms with Gasteiger partial charge in [0, 0.05) is 30.8 Å². The van der Waals surface area contributed by atoms with Crippen LogP contribution in [0.15, 0.2) is 11.0 Å². The highest BCUT2D eigenvalue weighted by Gasteiger charge is 2.22. The van der Waals surface area contributed by atoms with Gasteiger partial charge in [0.1, 0.15) is 0 Å². The van der Waals surface area contributed by atoms with E-state index in [4.69, 9.17) is 4.74 Å². The maximum absolute atomic E-state index is 12.7. The van der Waals surface area contributed by atoms with Crippen LogP contribution in [-0.2, 0) is 14.8 Å². The third-order valence-electron chi connectivity index (χ3n) is 4.48. The van der Waals surface area contributed by atoms with Crippen molar-refractivity contribution in [3.05, 3.63) is 28.3 Å². The molecule has 1 aliphatic heterocycles. The summed E-state index contributed by atoms with van der Waals surface area (Å²) in [5.74, 6) is 0.798. The fraction of sp³-hybridized carbons (Fsp3) is 0.647. The number of hydrogen-bond donors (Lipinski definition) is 1. The van der Waals surface area contributed by atoms with Crippen molar-refractivity contribution >= 4 is 21.8 Å². The number of rotatable bonds is 6. The van der Waals surface area contributed by atoms with Gasteiger partial charge in [-0.25, -0.2) is 13.1 Å². The molecule has 1 aromatic carbocycles. The van der Waals surface area contributed by atoms with E-state index in [0.29, 0.717) is 16.7 Å². The predicted molar refractivity (Wildman–Crippen MR) is 96.9 cm³/mol. The molecule has 1 saturated heterocycles. The van der Waals surface area contributed by atoms with E-state index in [9.17, 15) is 8.42 Å². The van der Waals surface area contributed by atoms with Gasteiger partial charge in [0.15, 0.2) is 0 Å². The van der Waals surface area contributed by atoms with E-state index in [2.05, 4.69) is 4.72 Å². The molecule has 0 spiro atoms. The summed E-state index contributed by atoms with van der Waals surface area (Å²) >= 11 is 1.84. The fourth-order valence-electron chi connectivity index (χ4n) is 2.90. The van der Waals surface area contributed by atoms with Crippen molar-refractivity contribution in [2.45, 2.75) is 50.7 Å². The molecule has 0 aliphatic carbocycles. The number of ether oxygens (including phenoxy) is 1. The number of thioether (sulfide) groups is 1. The number of sulfonamides is 1. The Balaban J connectivity index is 1.99. The van der Waals surface area contributed by atoms with Crippen LogP contribution in [0.3, 0.4) is 0 Å². The fourth-order valence-corrected chi connectivity index (χ4v) is 5.75. The maximum Gasteiger partial charge on any atom is 0.241 e. The highest BCUT2D eigenvalue weighted by Crippen LogP contribution is 2.26. The molecule has 1 fully saturated rings. The zero-order chi connectivity index (χ0) is 17.0. The molecular weight excluding hydrogens is 330 g/mol. The first-order chi connectivity index (χ1) is 10.8. The Kier molecular flexibility index (Phi) is 6.54. The van der Waals surface area contributed by atoms with Crippen molar-refractivity contribution in [2.24, 2.45) is 0 Å². The van der Waals surface area contributed by atoms with Crippen LogP contribution in [0.1, 0.15) is 35.1 Å². The second-order valence-electron chi connectivity index (χ2n) is 6.17. The van der Waals surface area contributed by atoms with Gasteiger partial charge in [0.05, 0.1) is 4.90 Å². The minimum absolute atomic E-state index is 0.450. The molecular formula is C17H27NO3S2. The van der Waals surface area contributed by atoms with Gasteiger partial charge in [-0.15, -0.1) is 0 Å². The van der Waals surface area contributed by atoms with Crippen molar-refractivity contribution in [3.63, 3.8) is 0 Å². The molecule has 2 rings (SSSR count). The van der Waals surface area contributed by atoms with Crippen molar-refractivity contribution in [2.75, 3.05) is 25.5 Å². The molecule has 4 nitrogen and oxygen atoms in total. The summed E-state index contributed by atoms with van der Waals surface area (Å²) in [5.41, 5.74) is 3.73. The lowest BCUT2D eigenvalue weighted by Crippen LogP contribution is -2.28. The van der Waals surface area contributed by atoms with E-state index >= 15 is 0 Å². The molecule has 130 valence electrons. The Morgan fingerprint density at radius 3 is 2.26 bits per heavy atom. The lowest BCUT2D eigenvalue weighted by Gasteiger charge is -2.21. The lowest BCUT2D eigenvalue weighted by atomic mass is 10.0. The number of aryl methyl sites for hydroxylation is 2. The topological polar surface area (TPSA) is 55.4 Å². The average molecular weight is 358 g/mol. The summed E-state index contributed by atoms with van der Waals surface area (Å²) < 4.78 is 33.5. The molecule has 0 amide bonds. The Morgan fingerprint density at radius 1 is 1.13 bits per heavy atom. The molecule has 1 aromatic rings. The Morgan fingerprint density at radius 2 is 1.70 bits per heavy atom. The molecule has 1 N–H and O–H groups in total. The van der Waals surface area contributed by atoms with E-state index < -0.39 is 10.0 Å². The smallest absolute Gasteiger partial charge is 0.241 e. The maximum atomic E-state index is 12.7. The van der Waals surface area contributed by atoms with E-state index in [0.717, 1.165) is 54.1 Å². The summed E-state index contributed by atoms with van der Waals surface area (Å²) in [5, 5.41) is 0.595. The van der Waals surface area contributed by atoms with E-state index in [1.165, 1.54) is 0 Å². The number of benzene rings is 1. The van der Waals surface area contributed by atoms with E-state index in [-0.39, 0.29) is 0 Å². The standard InChI is InChI=1S/C17H27NO3S2/c1-12-11-13(2)15(4)17(14(12)3)23(19,20)18-7-10-22-16-5-8-21-9-6-16/h11,16,18H,5-10H2,1-4H3. The molecule has 0 saturated carbocycles. The van der Waals surface area contributed by atoms with Crippen LogP contribution >= 0.6 is 11.8 Å². The van der Waals surface area contributed by atoms with Crippen LogP contribution < -0.4 is 4.72 Å². The van der Waals surface area contributed by atoms with Crippen LogP contribution in [0.25, 0.3) is 0 Å². The van der Waals surface area contributed by atoms with Gasteiger partial charge in [-0.3, -0.25) is 0 Å². The lowest BCUT2D eigenvalue weighted by molar-refractivity contribution is 0.100. The largest absolute Gasteiger partial charge is 0.381 e. The van der Waals surface area contributed by atoms with E-state index in [1.54, 1.807) is 0 Å². The van der Waals surface area contributed by atoms with Gasteiger partial charge >= 0.3 is 0 Å². The molecule has 1 aliphatic rings. The molecule has 0 aromatic heterocycles. The SMILES string of the molecule is Cc1cc(C)c(C)c(S(=O)(=O)NCCSC2CCOCC2)c1C. The van der Waals surface area contributed by atoms with Crippen LogP contribution in [0, 0.1) is 27.7 Å². The van der Waals surface area contributed by atoms with E-state index in [1.807, 2.05) is 45.5 Å². The molecule has 23 heavy (non-hydrogen) atoms. The number of hydrogen-bond acceptors (Lipinski definition) is 4. The highest BCUT2D eigenvalue weighted by atomic mass is 32.2. The van der Waals surface area contributed by atoms with Crippen LogP contribution in [-0.4, -0.2) is 39.2 Å². The minimum atomic E-state index is -3.46. The number of nitrogens with one attached hydrogen (secondary N) is 1. The monoisotopic (exact) mass is 357 g/mol. The molecule has 6 heteroatoms. The molecule has 1 heterocycles. The quantitative estimate of drug-likeness (QED) is 0.795. The van der Waals surface area contributed by atoms with Crippen molar-refractivity contribution in [3.8, 4) is 0 Å². The Hall–Kier alpha value is -0.560. The molecule has 0 bridgehead atoms. The Bertz CT molecular complexity index is 624. The van der Waals surface area contributed by atoms with Crippen molar-refractivity contribution < 1.29 is 13.2 Å². The van der Waals surface area contributed by atoms with Gasteiger partial charge in [0.25, 0.3) is 0 Å². The first kappa shape index (κ1) is 18.8. The summed E-state index contributed by atoms with van der Waals surface area (Å²) in [6.45, 7) is 9.80. The Labute approximate surface area is 144 Å². The van der Waals surface area contributed by atoms with Gasteiger partial charge in [-0.05, 0) is 62.8 Å².